The lowest BCUT2D eigenvalue weighted by molar-refractivity contribution is -0.385. The van der Waals surface area contributed by atoms with Gasteiger partial charge >= 0.3 is 0 Å². The van der Waals surface area contributed by atoms with E-state index in [4.69, 9.17) is 5.11 Å². The molecule has 0 saturated heterocycles. The third-order valence-corrected chi connectivity index (χ3v) is 5.48. The van der Waals surface area contributed by atoms with Gasteiger partial charge in [-0.25, -0.2) is 12.8 Å². The van der Waals surface area contributed by atoms with Crippen LogP contribution in [0.1, 0.15) is 19.3 Å². The molecule has 9 heteroatoms. The number of sulfonamides is 1. The molecule has 1 N–H and O–H groups in total. The molecule has 0 aromatic heterocycles. The summed E-state index contributed by atoms with van der Waals surface area (Å²) in [7, 11) is -4.22. The third-order valence-electron chi connectivity index (χ3n) is 3.51. The van der Waals surface area contributed by atoms with E-state index in [2.05, 4.69) is 0 Å². The molecule has 0 atom stereocenters. The van der Waals surface area contributed by atoms with Crippen LogP contribution in [-0.2, 0) is 10.0 Å². The fourth-order valence-corrected chi connectivity index (χ4v) is 3.96. The predicted octanol–water partition coefficient (Wildman–Crippen LogP) is 1.27. The van der Waals surface area contributed by atoms with Gasteiger partial charge in [0.25, 0.3) is 5.69 Å². The molecule has 0 heterocycles. The van der Waals surface area contributed by atoms with Gasteiger partial charge in [-0.2, -0.15) is 4.31 Å². The maximum absolute atomic E-state index is 13.8. The monoisotopic (exact) mass is 318 g/mol. The second-order valence-corrected chi connectivity index (χ2v) is 6.65. The summed E-state index contributed by atoms with van der Waals surface area (Å²) in [6, 6.07) is 2.10. The Morgan fingerprint density at radius 3 is 2.57 bits per heavy atom. The number of aliphatic hydroxyl groups excluding tert-OH is 1. The highest BCUT2D eigenvalue weighted by atomic mass is 32.2. The molecule has 1 aromatic rings. The summed E-state index contributed by atoms with van der Waals surface area (Å²) in [5.41, 5.74) is -0.493. The smallest absolute Gasteiger partial charge is 0.270 e. The third kappa shape index (κ3) is 3.04. The first-order chi connectivity index (χ1) is 9.87. The van der Waals surface area contributed by atoms with Crippen molar-refractivity contribution in [1.29, 1.82) is 0 Å². The molecule has 2 rings (SSSR count). The fourth-order valence-electron chi connectivity index (χ4n) is 2.20. The summed E-state index contributed by atoms with van der Waals surface area (Å²) in [5.74, 6) is -1.04. The second-order valence-electron chi connectivity index (χ2n) is 4.80. The molecule has 1 saturated carbocycles. The molecule has 0 amide bonds. The minimum Gasteiger partial charge on any atom is -0.395 e. The lowest BCUT2D eigenvalue weighted by atomic mass is 9.93. The molecule has 0 radical (unpaired) electrons. The van der Waals surface area contributed by atoms with E-state index in [9.17, 15) is 22.9 Å². The van der Waals surface area contributed by atoms with Gasteiger partial charge in [0.2, 0.25) is 10.0 Å². The van der Waals surface area contributed by atoms with Crippen LogP contribution in [0.4, 0.5) is 10.1 Å². The Morgan fingerprint density at radius 1 is 1.43 bits per heavy atom. The van der Waals surface area contributed by atoms with Crippen molar-refractivity contribution >= 4 is 15.7 Å². The fraction of sp³-hybridized carbons (Fsp3) is 0.500. The van der Waals surface area contributed by atoms with E-state index in [-0.39, 0.29) is 12.6 Å². The van der Waals surface area contributed by atoms with Crippen molar-refractivity contribution in [2.24, 2.45) is 0 Å². The molecular formula is C12H15FN2O5S. The second kappa shape index (κ2) is 6.04. The normalized spacial score (nSPS) is 16.0. The maximum atomic E-state index is 13.8. The van der Waals surface area contributed by atoms with Crippen molar-refractivity contribution in [3.05, 3.63) is 34.1 Å². The van der Waals surface area contributed by atoms with E-state index < -0.39 is 38.0 Å². The van der Waals surface area contributed by atoms with Crippen LogP contribution in [-0.4, -0.2) is 41.9 Å². The van der Waals surface area contributed by atoms with E-state index in [0.29, 0.717) is 18.9 Å². The standard InChI is InChI=1S/C12H15FN2O5S/c13-11-5-4-10(15(17)18)8-12(11)21(19,20)14(6-7-16)9-2-1-3-9/h4-5,8-9,16H,1-3,6-7H2. The predicted molar refractivity (Wildman–Crippen MR) is 71.7 cm³/mol. The van der Waals surface area contributed by atoms with Crippen molar-refractivity contribution in [3.8, 4) is 0 Å². The first-order valence-electron chi connectivity index (χ1n) is 6.44. The molecule has 0 bridgehead atoms. The van der Waals surface area contributed by atoms with E-state index in [0.717, 1.165) is 22.9 Å². The van der Waals surface area contributed by atoms with Crippen LogP contribution in [0.15, 0.2) is 23.1 Å². The zero-order valence-corrected chi connectivity index (χ0v) is 11.9. The Morgan fingerprint density at radius 2 is 2.10 bits per heavy atom. The maximum Gasteiger partial charge on any atom is 0.270 e. The van der Waals surface area contributed by atoms with Gasteiger partial charge in [0.1, 0.15) is 10.7 Å². The number of nitro groups is 1. The molecule has 1 aliphatic rings. The molecule has 0 aliphatic heterocycles. The van der Waals surface area contributed by atoms with Crippen LogP contribution in [0.3, 0.4) is 0 Å². The molecule has 0 spiro atoms. The van der Waals surface area contributed by atoms with Crippen molar-refractivity contribution in [3.63, 3.8) is 0 Å². The Hall–Kier alpha value is -1.58. The Balaban J connectivity index is 2.45. The molecule has 1 aliphatic carbocycles. The number of aliphatic hydroxyl groups is 1. The molecular weight excluding hydrogens is 303 g/mol. The van der Waals surface area contributed by atoms with Crippen molar-refractivity contribution in [1.82, 2.24) is 4.31 Å². The Bertz CT molecular complexity index is 645. The van der Waals surface area contributed by atoms with Crippen LogP contribution in [0, 0.1) is 15.9 Å². The van der Waals surface area contributed by atoms with Crippen LogP contribution in [0.5, 0.6) is 0 Å². The summed E-state index contributed by atoms with van der Waals surface area (Å²) >= 11 is 0. The Labute approximate surface area is 121 Å². The molecule has 0 unspecified atom stereocenters. The van der Waals surface area contributed by atoms with Gasteiger partial charge in [-0.05, 0) is 18.9 Å². The highest BCUT2D eigenvalue weighted by Gasteiger charge is 2.36. The number of hydrogen-bond acceptors (Lipinski definition) is 5. The van der Waals surface area contributed by atoms with E-state index in [1.54, 1.807) is 0 Å². The summed E-state index contributed by atoms with van der Waals surface area (Å²) < 4.78 is 39.9. The van der Waals surface area contributed by atoms with Gasteiger partial charge in [-0.3, -0.25) is 10.1 Å². The first-order valence-corrected chi connectivity index (χ1v) is 7.88. The molecule has 1 fully saturated rings. The van der Waals surface area contributed by atoms with Gasteiger partial charge in [0.05, 0.1) is 11.5 Å². The summed E-state index contributed by atoms with van der Waals surface area (Å²) in [5, 5.41) is 19.7. The first kappa shape index (κ1) is 15.8. The average Bonchev–Trinajstić information content (AvgIpc) is 2.36. The van der Waals surface area contributed by atoms with Gasteiger partial charge in [0.15, 0.2) is 0 Å². The number of benzene rings is 1. The van der Waals surface area contributed by atoms with E-state index >= 15 is 0 Å². The Kier molecular flexibility index (Phi) is 4.55. The van der Waals surface area contributed by atoms with Crippen molar-refractivity contribution in [2.75, 3.05) is 13.2 Å². The molecule has 7 nitrogen and oxygen atoms in total. The van der Waals surface area contributed by atoms with Crippen LogP contribution in [0.25, 0.3) is 0 Å². The minimum absolute atomic E-state index is 0.158. The summed E-state index contributed by atoms with van der Waals surface area (Å²) in [4.78, 5) is 9.22. The number of halogens is 1. The molecule has 21 heavy (non-hydrogen) atoms. The van der Waals surface area contributed by atoms with Gasteiger partial charge in [-0.15, -0.1) is 0 Å². The van der Waals surface area contributed by atoms with Crippen molar-refractivity contribution in [2.45, 2.75) is 30.2 Å². The average molecular weight is 318 g/mol. The lowest BCUT2D eigenvalue weighted by Crippen LogP contribution is -2.45. The summed E-state index contributed by atoms with van der Waals surface area (Å²) in [6.07, 6.45) is 2.13. The largest absolute Gasteiger partial charge is 0.395 e. The number of nitro benzene ring substituents is 1. The van der Waals surface area contributed by atoms with Crippen molar-refractivity contribution < 1.29 is 22.8 Å². The van der Waals surface area contributed by atoms with Crippen LogP contribution in [0.2, 0.25) is 0 Å². The number of hydrogen-bond donors (Lipinski definition) is 1. The van der Waals surface area contributed by atoms with E-state index in [1.165, 1.54) is 0 Å². The quantitative estimate of drug-likeness (QED) is 0.629. The summed E-state index contributed by atoms with van der Waals surface area (Å²) in [6.45, 7) is -0.554. The van der Waals surface area contributed by atoms with Crippen LogP contribution >= 0.6 is 0 Å². The number of rotatable bonds is 6. The highest BCUT2D eigenvalue weighted by Crippen LogP contribution is 2.31. The molecule has 1 aromatic carbocycles. The van der Waals surface area contributed by atoms with Crippen LogP contribution < -0.4 is 0 Å². The molecule has 116 valence electrons. The highest BCUT2D eigenvalue weighted by molar-refractivity contribution is 7.89. The lowest BCUT2D eigenvalue weighted by Gasteiger charge is -2.36. The topological polar surface area (TPSA) is 101 Å². The van der Waals surface area contributed by atoms with Gasteiger partial charge in [-0.1, -0.05) is 6.42 Å². The number of nitrogens with zero attached hydrogens (tertiary/aromatic N) is 2. The van der Waals surface area contributed by atoms with Gasteiger partial charge < -0.3 is 5.11 Å². The number of non-ortho nitro benzene ring substituents is 1. The minimum atomic E-state index is -4.22. The SMILES string of the molecule is O=[N+]([O-])c1ccc(F)c(S(=O)(=O)N(CCO)C2CCC2)c1. The van der Waals surface area contributed by atoms with Gasteiger partial charge in [0, 0.05) is 24.7 Å². The zero-order chi connectivity index (χ0) is 15.6. The zero-order valence-electron chi connectivity index (χ0n) is 11.1. The van der Waals surface area contributed by atoms with E-state index in [1.807, 2.05) is 0 Å².